The molecule has 3 aromatic rings. The van der Waals surface area contributed by atoms with Gasteiger partial charge >= 0.3 is 5.97 Å². The number of ether oxygens (including phenoxy) is 1. The Bertz CT molecular complexity index is 1100. The molecule has 0 spiro atoms. The van der Waals surface area contributed by atoms with E-state index in [9.17, 15) is 14.4 Å². The number of benzene rings is 2. The highest BCUT2D eigenvalue weighted by atomic mass is 32.1. The van der Waals surface area contributed by atoms with Crippen LogP contribution in [0.3, 0.4) is 0 Å². The van der Waals surface area contributed by atoms with Crippen molar-refractivity contribution in [3.8, 4) is 0 Å². The van der Waals surface area contributed by atoms with Gasteiger partial charge in [-0.05, 0) is 37.5 Å². The molecule has 0 atom stereocenters. The van der Waals surface area contributed by atoms with Crippen LogP contribution < -0.4 is 11.1 Å². The molecule has 3 rings (SSSR count). The van der Waals surface area contributed by atoms with Crippen LogP contribution >= 0.6 is 11.3 Å². The van der Waals surface area contributed by atoms with Gasteiger partial charge in [-0.25, -0.2) is 4.79 Å². The maximum atomic E-state index is 13.1. The van der Waals surface area contributed by atoms with Gasteiger partial charge in [0.15, 0.2) is 0 Å². The molecule has 0 radical (unpaired) electrons. The third kappa shape index (κ3) is 6.76. The van der Waals surface area contributed by atoms with Gasteiger partial charge in [0.25, 0.3) is 5.91 Å². The average molecular weight is 480 g/mol. The lowest BCUT2D eigenvalue weighted by molar-refractivity contribution is -0.117. The molecule has 7 nitrogen and oxygen atoms in total. The lowest BCUT2D eigenvalue weighted by Crippen LogP contribution is -2.32. The fourth-order valence-corrected chi connectivity index (χ4v) is 4.64. The van der Waals surface area contributed by atoms with E-state index in [0.29, 0.717) is 18.7 Å². The molecule has 0 saturated heterocycles. The van der Waals surface area contributed by atoms with Crippen LogP contribution in [0.1, 0.15) is 50.6 Å². The second-order valence-corrected chi connectivity index (χ2v) is 9.26. The number of esters is 1. The van der Waals surface area contributed by atoms with Crippen LogP contribution in [0.25, 0.3) is 0 Å². The number of anilines is 1. The minimum absolute atomic E-state index is 0.0886. The molecule has 1 heterocycles. The highest BCUT2D eigenvalue weighted by molar-refractivity contribution is 7.18. The number of nitrogens with two attached hydrogens (primary N) is 1. The van der Waals surface area contributed by atoms with E-state index in [1.54, 1.807) is 20.8 Å². The predicted octanol–water partition coefficient (Wildman–Crippen LogP) is 4.36. The van der Waals surface area contributed by atoms with Crippen molar-refractivity contribution in [2.75, 3.05) is 11.9 Å². The Labute approximate surface area is 203 Å². The van der Waals surface area contributed by atoms with Crippen LogP contribution in [0.2, 0.25) is 0 Å². The van der Waals surface area contributed by atoms with Crippen LogP contribution in [0.5, 0.6) is 0 Å². The van der Waals surface area contributed by atoms with Gasteiger partial charge in [-0.15, -0.1) is 11.3 Å². The number of primary amides is 1. The number of carbonyl (C=O) groups is 3. The number of amides is 2. The van der Waals surface area contributed by atoms with Crippen LogP contribution in [-0.4, -0.2) is 35.3 Å². The Balaban J connectivity index is 1.82. The van der Waals surface area contributed by atoms with Crippen molar-refractivity contribution >= 4 is 34.1 Å². The highest BCUT2D eigenvalue weighted by Crippen LogP contribution is 2.33. The number of nitrogens with zero attached hydrogens (tertiary/aromatic N) is 1. The van der Waals surface area contributed by atoms with E-state index in [4.69, 9.17) is 10.5 Å². The maximum Gasteiger partial charge on any atom is 0.341 e. The first kappa shape index (κ1) is 25.1. The summed E-state index contributed by atoms with van der Waals surface area (Å²) in [6, 6.07) is 19.8. The van der Waals surface area contributed by atoms with Gasteiger partial charge in [0, 0.05) is 13.1 Å². The smallest absolute Gasteiger partial charge is 0.341 e. The van der Waals surface area contributed by atoms with Gasteiger partial charge < -0.3 is 15.8 Å². The Morgan fingerprint density at radius 3 is 1.97 bits per heavy atom. The maximum absolute atomic E-state index is 13.1. The molecule has 0 unspecified atom stereocenters. The molecular formula is C26H29N3O4S. The lowest BCUT2D eigenvalue weighted by Gasteiger charge is -2.22. The van der Waals surface area contributed by atoms with Crippen molar-refractivity contribution in [1.29, 1.82) is 0 Å². The van der Waals surface area contributed by atoms with Gasteiger partial charge in [-0.1, -0.05) is 60.7 Å². The Kier molecular flexibility index (Phi) is 8.56. The summed E-state index contributed by atoms with van der Waals surface area (Å²) >= 11 is 0.987. The van der Waals surface area contributed by atoms with E-state index < -0.39 is 11.9 Å². The molecule has 2 amide bonds. The van der Waals surface area contributed by atoms with Crippen LogP contribution in [0.15, 0.2) is 60.7 Å². The summed E-state index contributed by atoms with van der Waals surface area (Å²) in [5.41, 5.74) is 8.21. The van der Waals surface area contributed by atoms with Crippen molar-refractivity contribution in [3.63, 3.8) is 0 Å². The summed E-state index contributed by atoms with van der Waals surface area (Å²) in [7, 11) is 0. The SMILES string of the molecule is Cc1c(C(N)=O)sc(NC(=O)CN(Cc2ccccc2)Cc2ccccc2)c1C(=O)OC(C)C. The molecule has 0 saturated carbocycles. The summed E-state index contributed by atoms with van der Waals surface area (Å²) in [4.78, 5) is 39.9. The molecule has 0 bridgehead atoms. The molecule has 0 fully saturated rings. The highest BCUT2D eigenvalue weighted by Gasteiger charge is 2.26. The summed E-state index contributed by atoms with van der Waals surface area (Å²) in [5.74, 6) is -1.56. The Morgan fingerprint density at radius 2 is 1.50 bits per heavy atom. The Hall–Kier alpha value is -3.49. The Morgan fingerprint density at radius 1 is 0.971 bits per heavy atom. The van der Waals surface area contributed by atoms with E-state index in [-0.39, 0.29) is 34.0 Å². The van der Waals surface area contributed by atoms with Gasteiger partial charge in [0.1, 0.15) is 5.00 Å². The molecule has 1 aromatic heterocycles. The molecule has 34 heavy (non-hydrogen) atoms. The first-order valence-corrected chi connectivity index (χ1v) is 11.8. The second kappa shape index (κ2) is 11.6. The zero-order valence-electron chi connectivity index (χ0n) is 19.5. The number of hydrogen-bond acceptors (Lipinski definition) is 6. The minimum atomic E-state index is -0.656. The summed E-state index contributed by atoms with van der Waals surface area (Å²) in [6.07, 6.45) is -0.348. The molecule has 8 heteroatoms. The summed E-state index contributed by atoms with van der Waals surface area (Å²) in [5, 5.41) is 3.08. The van der Waals surface area contributed by atoms with Crippen LogP contribution in [0.4, 0.5) is 5.00 Å². The quantitative estimate of drug-likeness (QED) is 0.421. The number of hydrogen-bond donors (Lipinski definition) is 2. The molecule has 178 valence electrons. The van der Waals surface area contributed by atoms with E-state index in [1.165, 1.54) is 0 Å². The predicted molar refractivity (Wildman–Crippen MR) is 134 cm³/mol. The van der Waals surface area contributed by atoms with Crippen LogP contribution in [-0.2, 0) is 22.6 Å². The van der Waals surface area contributed by atoms with Gasteiger partial charge in [-0.3, -0.25) is 14.5 Å². The van der Waals surface area contributed by atoms with Crippen molar-refractivity contribution in [2.45, 2.75) is 40.0 Å². The largest absolute Gasteiger partial charge is 0.459 e. The van der Waals surface area contributed by atoms with Crippen molar-refractivity contribution in [2.24, 2.45) is 5.73 Å². The molecule has 0 aliphatic rings. The zero-order chi connectivity index (χ0) is 24.7. The normalized spacial score (nSPS) is 11.0. The fourth-order valence-electron chi connectivity index (χ4n) is 3.58. The monoisotopic (exact) mass is 479 g/mol. The molecule has 0 aliphatic heterocycles. The number of carbonyl (C=O) groups excluding carboxylic acids is 3. The van der Waals surface area contributed by atoms with Crippen molar-refractivity contribution in [3.05, 3.63) is 87.8 Å². The van der Waals surface area contributed by atoms with Gasteiger partial charge in [0.2, 0.25) is 5.91 Å². The average Bonchev–Trinajstić information content (AvgIpc) is 3.10. The van der Waals surface area contributed by atoms with Gasteiger partial charge in [-0.2, -0.15) is 0 Å². The summed E-state index contributed by atoms with van der Waals surface area (Å²) < 4.78 is 5.33. The molecule has 0 aliphatic carbocycles. The van der Waals surface area contributed by atoms with E-state index in [2.05, 4.69) is 5.32 Å². The summed E-state index contributed by atoms with van der Waals surface area (Å²) in [6.45, 7) is 6.32. The number of rotatable bonds is 10. The molecule has 3 N–H and O–H groups in total. The van der Waals surface area contributed by atoms with Crippen molar-refractivity contribution in [1.82, 2.24) is 4.90 Å². The standard InChI is InChI=1S/C26H29N3O4S/c1-17(2)33-26(32)22-18(3)23(24(27)31)34-25(22)28-21(30)16-29(14-19-10-6-4-7-11-19)15-20-12-8-5-9-13-20/h4-13,17H,14-16H2,1-3H3,(H2,27,31)(H,28,30). The topological polar surface area (TPSA) is 102 Å². The second-order valence-electron chi connectivity index (χ2n) is 8.24. The number of thiophene rings is 1. The van der Waals surface area contributed by atoms with E-state index in [1.807, 2.05) is 65.6 Å². The van der Waals surface area contributed by atoms with E-state index in [0.717, 1.165) is 22.5 Å². The molecule has 2 aromatic carbocycles. The fraction of sp³-hybridized carbons (Fsp3) is 0.269. The third-order valence-corrected chi connectivity index (χ3v) is 6.26. The van der Waals surface area contributed by atoms with E-state index >= 15 is 0 Å². The zero-order valence-corrected chi connectivity index (χ0v) is 20.4. The third-order valence-electron chi connectivity index (χ3n) is 5.04. The minimum Gasteiger partial charge on any atom is -0.459 e. The lowest BCUT2D eigenvalue weighted by atomic mass is 10.1. The van der Waals surface area contributed by atoms with Crippen LogP contribution in [0, 0.1) is 6.92 Å². The van der Waals surface area contributed by atoms with Crippen molar-refractivity contribution < 1.29 is 19.1 Å². The first-order chi connectivity index (χ1) is 16.2. The molecular weight excluding hydrogens is 450 g/mol. The first-order valence-electron chi connectivity index (χ1n) is 11.0. The van der Waals surface area contributed by atoms with Gasteiger partial charge in [0.05, 0.1) is 23.1 Å². The number of nitrogens with one attached hydrogen (secondary N) is 1.